The number of nitrogens with zero attached hydrogens (tertiary/aromatic N) is 2. The number of sulfonamides is 1. The van der Waals surface area contributed by atoms with E-state index in [-0.39, 0.29) is 17.1 Å². The van der Waals surface area contributed by atoms with Gasteiger partial charge in [0, 0.05) is 17.0 Å². The van der Waals surface area contributed by atoms with Crippen LogP contribution in [0, 0.1) is 5.82 Å². The van der Waals surface area contributed by atoms with E-state index in [2.05, 4.69) is 5.32 Å². The zero-order chi connectivity index (χ0) is 31.1. The van der Waals surface area contributed by atoms with E-state index in [1.807, 2.05) is 34.0 Å². The van der Waals surface area contributed by atoms with Crippen molar-refractivity contribution < 1.29 is 27.1 Å². The molecular formula is C31H38FN3O5S2. The predicted molar refractivity (Wildman–Crippen MR) is 165 cm³/mol. The molecule has 0 aliphatic rings. The Kier molecular flexibility index (Phi) is 11.0. The lowest BCUT2D eigenvalue weighted by atomic mass is 10.1. The maximum Gasteiger partial charge on any atom is 0.264 e. The summed E-state index contributed by atoms with van der Waals surface area (Å²) in [6, 6.07) is 17.5. The molecule has 0 aromatic heterocycles. The van der Waals surface area contributed by atoms with Gasteiger partial charge < -0.3 is 15.0 Å². The molecule has 0 radical (unpaired) electrons. The summed E-state index contributed by atoms with van der Waals surface area (Å²) in [4.78, 5) is 29.4. The van der Waals surface area contributed by atoms with Gasteiger partial charge in [-0.25, -0.2) is 12.8 Å². The number of thioether (sulfide) groups is 1. The molecule has 226 valence electrons. The zero-order valence-corrected chi connectivity index (χ0v) is 26.4. The number of rotatable bonds is 12. The Morgan fingerprint density at radius 1 is 0.976 bits per heavy atom. The van der Waals surface area contributed by atoms with Crippen molar-refractivity contribution in [2.45, 2.75) is 62.5 Å². The molecule has 11 heteroatoms. The van der Waals surface area contributed by atoms with Crippen LogP contribution in [0.4, 0.5) is 10.1 Å². The lowest BCUT2D eigenvalue weighted by Gasteiger charge is -2.33. The second-order valence-corrected chi connectivity index (χ2v) is 13.4. The molecule has 1 atom stereocenters. The quantitative estimate of drug-likeness (QED) is 0.272. The van der Waals surface area contributed by atoms with Crippen LogP contribution in [-0.2, 0) is 26.2 Å². The first kappa shape index (κ1) is 32.9. The molecule has 3 aromatic carbocycles. The Bertz CT molecular complexity index is 1460. The number of carbonyl (C=O) groups is 2. The lowest BCUT2D eigenvalue weighted by molar-refractivity contribution is -0.140. The number of hydrogen-bond acceptors (Lipinski definition) is 6. The average molecular weight is 616 g/mol. The first-order valence-corrected chi connectivity index (χ1v) is 16.2. The highest BCUT2D eigenvalue weighted by atomic mass is 32.2. The minimum Gasteiger partial charge on any atom is -0.494 e. The van der Waals surface area contributed by atoms with Crippen LogP contribution in [0.5, 0.6) is 5.75 Å². The Labute approximate surface area is 252 Å². The molecule has 0 saturated carbocycles. The maximum absolute atomic E-state index is 14.0. The van der Waals surface area contributed by atoms with Gasteiger partial charge in [0.05, 0.1) is 17.2 Å². The molecule has 0 spiro atoms. The summed E-state index contributed by atoms with van der Waals surface area (Å²) in [6.07, 6.45) is 1.89. The second kappa shape index (κ2) is 14.1. The van der Waals surface area contributed by atoms with Crippen LogP contribution >= 0.6 is 11.8 Å². The highest BCUT2D eigenvalue weighted by molar-refractivity contribution is 7.98. The Morgan fingerprint density at radius 3 is 2.10 bits per heavy atom. The number of carbonyl (C=O) groups excluding carboxylic acids is 2. The summed E-state index contributed by atoms with van der Waals surface area (Å²) in [6.45, 7) is 8.74. The van der Waals surface area contributed by atoms with Crippen molar-refractivity contribution in [1.82, 2.24) is 10.2 Å². The summed E-state index contributed by atoms with van der Waals surface area (Å²) in [5.41, 5.74) is 0.286. The fraction of sp³-hybridized carbons (Fsp3) is 0.355. The third kappa shape index (κ3) is 8.72. The van der Waals surface area contributed by atoms with Crippen molar-refractivity contribution in [2.75, 3.05) is 23.7 Å². The fourth-order valence-corrected chi connectivity index (χ4v) is 5.94. The highest BCUT2D eigenvalue weighted by Crippen LogP contribution is 2.28. The number of anilines is 1. The second-order valence-electron chi connectivity index (χ2n) is 10.7. The van der Waals surface area contributed by atoms with Crippen LogP contribution in [0.3, 0.4) is 0 Å². The molecule has 0 bridgehead atoms. The van der Waals surface area contributed by atoms with Gasteiger partial charge in [-0.15, -0.1) is 11.8 Å². The van der Waals surface area contributed by atoms with Gasteiger partial charge in [0.2, 0.25) is 11.8 Å². The van der Waals surface area contributed by atoms with E-state index in [9.17, 15) is 22.4 Å². The Morgan fingerprint density at radius 2 is 1.57 bits per heavy atom. The van der Waals surface area contributed by atoms with Crippen LogP contribution in [0.1, 0.15) is 40.2 Å². The molecule has 42 heavy (non-hydrogen) atoms. The molecule has 1 unspecified atom stereocenters. The monoisotopic (exact) mass is 615 g/mol. The Balaban J connectivity index is 2.04. The standard InChI is InChI=1S/C31H38FN3O5S2/c1-7-40-26-14-12-25(13-15-26)35(42(38,39)28-18-16-27(41-6)17-19-28)21-29(36)34(20-23-8-10-24(32)11-9-23)22(2)30(37)33-31(3,4)5/h8-19,22H,7,20-21H2,1-6H3,(H,33,37). The van der Waals surface area contributed by atoms with Gasteiger partial charge in [-0.05, 0) is 107 Å². The average Bonchev–Trinajstić information content (AvgIpc) is 2.95. The van der Waals surface area contributed by atoms with Gasteiger partial charge in [0.1, 0.15) is 24.2 Å². The van der Waals surface area contributed by atoms with E-state index < -0.39 is 45.8 Å². The van der Waals surface area contributed by atoms with Crippen molar-refractivity contribution in [2.24, 2.45) is 0 Å². The van der Waals surface area contributed by atoms with Gasteiger partial charge in [0.15, 0.2) is 0 Å². The maximum atomic E-state index is 14.0. The number of hydrogen-bond donors (Lipinski definition) is 1. The van der Waals surface area contributed by atoms with Crippen molar-refractivity contribution in [3.8, 4) is 5.75 Å². The lowest BCUT2D eigenvalue weighted by Crippen LogP contribution is -2.54. The third-order valence-electron chi connectivity index (χ3n) is 6.29. The minimum absolute atomic E-state index is 0.0191. The third-order valence-corrected chi connectivity index (χ3v) is 8.83. The van der Waals surface area contributed by atoms with Crippen molar-refractivity contribution in [3.05, 3.63) is 84.2 Å². The molecule has 8 nitrogen and oxygen atoms in total. The molecular weight excluding hydrogens is 577 g/mol. The number of ether oxygens (including phenoxy) is 1. The summed E-state index contributed by atoms with van der Waals surface area (Å²) < 4.78 is 48.1. The topological polar surface area (TPSA) is 96.0 Å². The van der Waals surface area contributed by atoms with E-state index in [1.165, 1.54) is 53.1 Å². The van der Waals surface area contributed by atoms with E-state index >= 15 is 0 Å². The van der Waals surface area contributed by atoms with Gasteiger partial charge in [0.25, 0.3) is 10.0 Å². The van der Waals surface area contributed by atoms with Crippen LogP contribution in [0.25, 0.3) is 0 Å². The van der Waals surface area contributed by atoms with Crippen LogP contribution < -0.4 is 14.4 Å². The summed E-state index contributed by atoms with van der Waals surface area (Å²) >= 11 is 1.48. The molecule has 0 heterocycles. The number of nitrogens with one attached hydrogen (secondary N) is 1. The van der Waals surface area contributed by atoms with Gasteiger partial charge >= 0.3 is 0 Å². The zero-order valence-electron chi connectivity index (χ0n) is 24.8. The molecule has 3 rings (SSSR count). The smallest absolute Gasteiger partial charge is 0.264 e. The number of benzene rings is 3. The van der Waals surface area contributed by atoms with Gasteiger partial charge in [-0.3, -0.25) is 13.9 Å². The summed E-state index contributed by atoms with van der Waals surface area (Å²) in [7, 11) is -4.20. The molecule has 0 saturated heterocycles. The number of amides is 2. The van der Waals surface area contributed by atoms with E-state index in [1.54, 1.807) is 43.3 Å². The van der Waals surface area contributed by atoms with E-state index in [0.29, 0.717) is 17.9 Å². The molecule has 0 aliphatic heterocycles. The van der Waals surface area contributed by atoms with Gasteiger partial charge in [-0.2, -0.15) is 0 Å². The van der Waals surface area contributed by atoms with E-state index in [0.717, 1.165) is 9.20 Å². The predicted octanol–water partition coefficient (Wildman–Crippen LogP) is 5.47. The summed E-state index contributed by atoms with van der Waals surface area (Å²) in [5.74, 6) is -0.884. The van der Waals surface area contributed by atoms with Crippen molar-refractivity contribution in [1.29, 1.82) is 0 Å². The first-order chi connectivity index (χ1) is 19.7. The fourth-order valence-electron chi connectivity index (χ4n) is 4.12. The molecule has 0 aliphatic carbocycles. The SMILES string of the molecule is CCOc1ccc(N(CC(=O)N(Cc2ccc(F)cc2)C(C)C(=O)NC(C)(C)C)S(=O)(=O)c2ccc(SC)cc2)cc1. The van der Waals surface area contributed by atoms with Crippen molar-refractivity contribution >= 4 is 39.3 Å². The van der Waals surface area contributed by atoms with Crippen molar-refractivity contribution in [3.63, 3.8) is 0 Å². The van der Waals surface area contributed by atoms with Crippen LogP contribution in [-0.4, -0.2) is 56.1 Å². The normalized spacial score (nSPS) is 12.4. The van der Waals surface area contributed by atoms with Crippen LogP contribution in [0.15, 0.2) is 82.6 Å². The van der Waals surface area contributed by atoms with E-state index in [4.69, 9.17) is 4.74 Å². The highest BCUT2D eigenvalue weighted by Gasteiger charge is 2.33. The molecule has 0 fully saturated rings. The Hall–Kier alpha value is -3.57. The molecule has 3 aromatic rings. The molecule has 1 N–H and O–H groups in total. The first-order valence-electron chi connectivity index (χ1n) is 13.5. The van der Waals surface area contributed by atoms with Gasteiger partial charge in [-0.1, -0.05) is 12.1 Å². The number of halogens is 1. The molecule has 2 amide bonds. The largest absolute Gasteiger partial charge is 0.494 e. The summed E-state index contributed by atoms with van der Waals surface area (Å²) in [5, 5.41) is 2.88. The minimum atomic E-state index is -4.20. The van der Waals surface area contributed by atoms with Crippen LogP contribution in [0.2, 0.25) is 0 Å².